The van der Waals surface area contributed by atoms with Crippen molar-refractivity contribution in [1.29, 1.82) is 0 Å². The van der Waals surface area contributed by atoms with Crippen LogP contribution in [-0.4, -0.2) is 35.4 Å². The molecule has 0 heterocycles. The van der Waals surface area contributed by atoms with Gasteiger partial charge in [0.2, 0.25) is 0 Å². The van der Waals surface area contributed by atoms with E-state index in [2.05, 4.69) is 33.5 Å². The lowest BCUT2D eigenvalue weighted by Crippen LogP contribution is -2.45. The largest absolute Gasteiger partial charge is 0.492 e. The third kappa shape index (κ3) is 6.85. The fraction of sp³-hybridized carbons (Fsp3) is 0.500. The van der Waals surface area contributed by atoms with Gasteiger partial charge in [-0.25, -0.2) is 0 Å². The number of nitrogens with one attached hydrogen (secondary N) is 2. The standard InChI is InChI=1S/C16H23BrN2O3S/c1-3-5-8-22-14-7-6-11(9-13(14)17)15(21)19-16(23)18-12(4-2)10-20/h6-7,9,12,20H,3-5,8,10H2,1-2H3,(H2,18,19,21,23). The van der Waals surface area contributed by atoms with Crippen LogP contribution in [0.4, 0.5) is 0 Å². The first-order valence-corrected chi connectivity index (χ1v) is 8.86. The molecule has 5 nitrogen and oxygen atoms in total. The minimum Gasteiger partial charge on any atom is -0.492 e. The number of amides is 1. The number of hydrogen-bond donors (Lipinski definition) is 3. The van der Waals surface area contributed by atoms with Crippen LogP contribution in [0.25, 0.3) is 0 Å². The number of halogens is 1. The van der Waals surface area contributed by atoms with E-state index in [1.165, 1.54) is 0 Å². The van der Waals surface area contributed by atoms with Crippen molar-refractivity contribution >= 4 is 39.2 Å². The first-order chi connectivity index (χ1) is 11.0. The molecular weight excluding hydrogens is 380 g/mol. The molecule has 1 atom stereocenters. The lowest BCUT2D eigenvalue weighted by Gasteiger charge is -2.16. The smallest absolute Gasteiger partial charge is 0.257 e. The molecule has 0 aliphatic carbocycles. The molecule has 0 fully saturated rings. The zero-order chi connectivity index (χ0) is 17.2. The Balaban J connectivity index is 2.62. The van der Waals surface area contributed by atoms with Crippen molar-refractivity contribution < 1.29 is 14.6 Å². The van der Waals surface area contributed by atoms with Crippen molar-refractivity contribution in [2.75, 3.05) is 13.2 Å². The second-order valence-electron chi connectivity index (χ2n) is 5.06. The van der Waals surface area contributed by atoms with E-state index in [1.807, 2.05) is 6.92 Å². The highest BCUT2D eigenvalue weighted by atomic mass is 79.9. The summed E-state index contributed by atoms with van der Waals surface area (Å²) in [5.74, 6) is 0.401. The number of aliphatic hydroxyl groups excluding tert-OH is 1. The van der Waals surface area contributed by atoms with Gasteiger partial charge in [-0.2, -0.15) is 0 Å². The Morgan fingerprint density at radius 1 is 1.43 bits per heavy atom. The number of carbonyl (C=O) groups is 1. The van der Waals surface area contributed by atoms with Gasteiger partial charge >= 0.3 is 0 Å². The maximum atomic E-state index is 12.2. The first-order valence-electron chi connectivity index (χ1n) is 7.66. The van der Waals surface area contributed by atoms with Gasteiger partial charge in [0.25, 0.3) is 5.91 Å². The summed E-state index contributed by atoms with van der Waals surface area (Å²) in [7, 11) is 0. The number of carbonyl (C=O) groups excluding carboxylic acids is 1. The van der Waals surface area contributed by atoms with Gasteiger partial charge in [-0.1, -0.05) is 20.3 Å². The highest BCUT2D eigenvalue weighted by Gasteiger charge is 2.12. The van der Waals surface area contributed by atoms with Crippen molar-refractivity contribution in [3.05, 3.63) is 28.2 Å². The summed E-state index contributed by atoms with van der Waals surface area (Å²) < 4.78 is 6.35. The normalized spacial score (nSPS) is 11.7. The van der Waals surface area contributed by atoms with E-state index in [-0.39, 0.29) is 23.7 Å². The van der Waals surface area contributed by atoms with Gasteiger partial charge in [-0.05, 0) is 59.2 Å². The van der Waals surface area contributed by atoms with Crippen LogP contribution >= 0.6 is 28.1 Å². The predicted octanol–water partition coefficient (Wildman–Crippen LogP) is 3.00. The molecule has 0 saturated heterocycles. The topological polar surface area (TPSA) is 70.6 Å². The molecule has 23 heavy (non-hydrogen) atoms. The summed E-state index contributed by atoms with van der Waals surface area (Å²) in [5, 5.41) is 14.8. The predicted molar refractivity (Wildman–Crippen MR) is 98.9 cm³/mol. The zero-order valence-corrected chi connectivity index (χ0v) is 15.8. The van der Waals surface area contributed by atoms with Gasteiger partial charge in [0, 0.05) is 5.56 Å². The highest BCUT2D eigenvalue weighted by Crippen LogP contribution is 2.26. The van der Waals surface area contributed by atoms with Crippen LogP contribution in [0.2, 0.25) is 0 Å². The van der Waals surface area contributed by atoms with E-state index in [1.54, 1.807) is 18.2 Å². The molecule has 1 rings (SSSR count). The quantitative estimate of drug-likeness (QED) is 0.460. The molecule has 0 aliphatic heterocycles. The number of thiocarbonyl (C=S) groups is 1. The fourth-order valence-electron chi connectivity index (χ4n) is 1.76. The van der Waals surface area contributed by atoms with Crippen LogP contribution in [0, 0.1) is 0 Å². The monoisotopic (exact) mass is 402 g/mol. The molecular formula is C16H23BrN2O3S. The summed E-state index contributed by atoms with van der Waals surface area (Å²) in [6.45, 7) is 4.63. The second-order valence-corrected chi connectivity index (χ2v) is 6.33. The van der Waals surface area contributed by atoms with Crippen molar-refractivity contribution in [3.63, 3.8) is 0 Å². The highest BCUT2D eigenvalue weighted by molar-refractivity contribution is 9.10. The average Bonchev–Trinajstić information content (AvgIpc) is 2.54. The Morgan fingerprint density at radius 2 is 2.17 bits per heavy atom. The lowest BCUT2D eigenvalue weighted by atomic mass is 10.2. The Morgan fingerprint density at radius 3 is 2.74 bits per heavy atom. The van der Waals surface area contributed by atoms with E-state index in [0.29, 0.717) is 24.3 Å². The number of benzene rings is 1. The third-order valence-electron chi connectivity index (χ3n) is 3.22. The summed E-state index contributed by atoms with van der Waals surface area (Å²) in [6, 6.07) is 4.98. The summed E-state index contributed by atoms with van der Waals surface area (Å²) in [4.78, 5) is 12.2. The van der Waals surface area contributed by atoms with Gasteiger partial charge in [0.05, 0.1) is 23.7 Å². The fourth-order valence-corrected chi connectivity index (χ4v) is 2.51. The molecule has 1 aromatic carbocycles. The van der Waals surface area contributed by atoms with Gasteiger partial charge < -0.3 is 15.2 Å². The van der Waals surface area contributed by atoms with Gasteiger partial charge in [0.1, 0.15) is 5.75 Å². The second kappa shape index (κ2) is 10.6. The Hall–Kier alpha value is -1.18. The van der Waals surface area contributed by atoms with Gasteiger partial charge in [-0.3, -0.25) is 10.1 Å². The van der Waals surface area contributed by atoms with Crippen molar-refractivity contribution in [2.24, 2.45) is 0 Å². The SMILES string of the molecule is CCCCOc1ccc(C(=O)NC(=S)NC(CC)CO)cc1Br. The zero-order valence-electron chi connectivity index (χ0n) is 13.4. The van der Waals surface area contributed by atoms with Crippen LogP contribution in [0.3, 0.4) is 0 Å². The molecule has 3 N–H and O–H groups in total. The Labute approximate surface area is 150 Å². The lowest BCUT2D eigenvalue weighted by molar-refractivity contribution is 0.0976. The summed E-state index contributed by atoms with van der Waals surface area (Å²) in [6.07, 6.45) is 2.76. The minimum atomic E-state index is -0.309. The van der Waals surface area contributed by atoms with E-state index in [4.69, 9.17) is 22.1 Å². The Kier molecular flexibility index (Phi) is 9.13. The molecule has 1 amide bonds. The van der Waals surface area contributed by atoms with Crippen LogP contribution in [0.15, 0.2) is 22.7 Å². The molecule has 0 aliphatic rings. The van der Waals surface area contributed by atoms with Crippen molar-refractivity contribution in [1.82, 2.24) is 10.6 Å². The van der Waals surface area contributed by atoms with Gasteiger partial charge in [-0.15, -0.1) is 0 Å². The average molecular weight is 403 g/mol. The molecule has 0 saturated carbocycles. The molecule has 0 spiro atoms. The summed E-state index contributed by atoms with van der Waals surface area (Å²) in [5.41, 5.74) is 0.473. The maximum Gasteiger partial charge on any atom is 0.257 e. The van der Waals surface area contributed by atoms with Crippen molar-refractivity contribution in [3.8, 4) is 5.75 Å². The number of hydrogen-bond acceptors (Lipinski definition) is 4. The minimum absolute atomic E-state index is 0.0398. The number of unbranched alkanes of at least 4 members (excludes halogenated alkanes) is 1. The molecule has 128 valence electrons. The molecule has 7 heteroatoms. The molecule has 1 aromatic rings. The van der Waals surface area contributed by atoms with Gasteiger partial charge in [0.15, 0.2) is 5.11 Å². The van der Waals surface area contributed by atoms with E-state index in [9.17, 15) is 4.79 Å². The molecule has 0 aromatic heterocycles. The number of aliphatic hydroxyl groups is 1. The number of rotatable bonds is 8. The summed E-state index contributed by atoms with van der Waals surface area (Å²) >= 11 is 8.49. The van der Waals surface area contributed by atoms with E-state index in [0.717, 1.165) is 17.3 Å². The molecule has 0 radical (unpaired) electrons. The van der Waals surface area contributed by atoms with Crippen molar-refractivity contribution in [2.45, 2.75) is 39.2 Å². The maximum absolute atomic E-state index is 12.2. The van der Waals surface area contributed by atoms with Crippen LogP contribution in [0.1, 0.15) is 43.5 Å². The molecule has 0 bridgehead atoms. The third-order valence-corrected chi connectivity index (χ3v) is 4.06. The van der Waals surface area contributed by atoms with E-state index >= 15 is 0 Å². The first kappa shape index (κ1) is 19.9. The number of ether oxygens (including phenoxy) is 1. The van der Waals surface area contributed by atoms with E-state index < -0.39 is 0 Å². The van der Waals surface area contributed by atoms with Crippen LogP contribution in [0.5, 0.6) is 5.75 Å². The van der Waals surface area contributed by atoms with Crippen LogP contribution < -0.4 is 15.4 Å². The Bertz CT molecular complexity index is 536. The van der Waals surface area contributed by atoms with Crippen LogP contribution in [-0.2, 0) is 0 Å². The molecule has 1 unspecified atom stereocenters.